The summed E-state index contributed by atoms with van der Waals surface area (Å²) in [5.41, 5.74) is 5.12. The summed E-state index contributed by atoms with van der Waals surface area (Å²) in [7, 11) is 0. The van der Waals surface area contributed by atoms with Crippen LogP contribution in [-0.4, -0.2) is 70.8 Å². The molecule has 0 bridgehead atoms. The van der Waals surface area contributed by atoms with Crippen LogP contribution < -0.4 is 11.1 Å². The standard InChI is InChI=1S/C10H15N3O7/c11-8(16)6-4-20-2-1-13(6)10(19)12-5(9(17)18)3-7(14)15/h5-6H,1-4H2,(H2,11,16)(H,12,19)(H,14,15)(H,17,18). The summed E-state index contributed by atoms with van der Waals surface area (Å²) >= 11 is 0. The Morgan fingerprint density at radius 2 is 2.00 bits per heavy atom. The van der Waals surface area contributed by atoms with Gasteiger partial charge < -0.3 is 30.9 Å². The molecule has 0 aromatic heterocycles. The highest BCUT2D eigenvalue weighted by molar-refractivity contribution is 5.89. The zero-order chi connectivity index (χ0) is 15.3. The molecule has 2 atom stereocenters. The van der Waals surface area contributed by atoms with Crippen molar-refractivity contribution in [2.24, 2.45) is 5.73 Å². The van der Waals surface area contributed by atoms with Gasteiger partial charge in [0.05, 0.1) is 19.6 Å². The molecule has 0 aromatic carbocycles. The maximum Gasteiger partial charge on any atom is 0.326 e. The molecule has 2 unspecified atom stereocenters. The third kappa shape index (κ3) is 4.09. The fraction of sp³-hybridized carbons (Fsp3) is 0.600. The molecule has 1 aliphatic heterocycles. The van der Waals surface area contributed by atoms with Crippen molar-refractivity contribution in [2.75, 3.05) is 19.8 Å². The number of ether oxygens (including phenoxy) is 1. The number of aliphatic carboxylic acids is 2. The van der Waals surface area contributed by atoms with Crippen LogP contribution >= 0.6 is 0 Å². The lowest BCUT2D eigenvalue weighted by atomic mass is 10.2. The van der Waals surface area contributed by atoms with Gasteiger partial charge in [0.2, 0.25) is 5.91 Å². The number of urea groups is 1. The Labute approximate surface area is 113 Å². The maximum absolute atomic E-state index is 11.9. The third-order valence-electron chi connectivity index (χ3n) is 2.69. The molecule has 0 aromatic rings. The zero-order valence-electron chi connectivity index (χ0n) is 10.4. The minimum Gasteiger partial charge on any atom is -0.481 e. The number of carbonyl (C=O) groups excluding carboxylic acids is 2. The number of nitrogens with zero attached hydrogens (tertiary/aromatic N) is 1. The third-order valence-corrected chi connectivity index (χ3v) is 2.69. The largest absolute Gasteiger partial charge is 0.481 e. The second-order valence-corrected chi connectivity index (χ2v) is 4.12. The van der Waals surface area contributed by atoms with Crippen molar-refractivity contribution in [3.8, 4) is 0 Å². The van der Waals surface area contributed by atoms with Crippen LogP contribution in [0.1, 0.15) is 6.42 Å². The first kappa shape index (κ1) is 15.7. The number of primary amides is 1. The van der Waals surface area contributed by atoms with Crippen LogP contribution in [0.5, 0.6) is 0 Å². The van der Waals surface area contributed by atoms with Crippen molar-refractivity contribution in [3.05, 3.63) is 0 Å². The van der Waals surface area contributed by atoms with Gasteiger partial charge in [-0.05, 0) is 0 Å². The van der Waals surface area contributed by atoms with Gasteiger partial charge in [0, 0.05) is 6.54 Å². The second-order valence-electron chi connectivity index (χ2n) is 4.12. The van der Waals surface area contributed by atoms with E-state index >= 15 is 0 Å². The van der Waals surface area contributed by atoms with Gasteiger partial charge in [-0.2, -0.15) is 0 Å². The van der Waals surface area contributed by atoms with Crippen LogP contribution in [0.2, 0.25) is 0 Å². The van der Waals surface area contributed by atoms with E-state index in [1.807, 2.05) is 5.32 Å². The maximum atomic E-state index is 11.9. The van der Waals surface area contributed by atoms with Crippen molar-refractivity contribution in [1.82, 2.24) is 10.2 Å². The van der Waals surface area contributed by atoms with Crippen LogP contribution in [0.25, 0.3) is 0 Å². The number of carboxylic acids is 2. The molecule has 3 amide bonds. The molecule has 1 heterocycles. The molecular weight excluding hydrogens is 274 g/mol. The number of hydrogen-bond acceptors (Lipinski definition) is 5. The molecule has 1 rings (SSSR count). The van der Waals surface area contributed by atoms with Crippen LogP contribution in [0.15, 0.2) is 0 Å². The minimum absolute atomic E-state index is 0.0544. The van der Waals surface area contributed by atoms with E-state index in [0.29, 0.717) is 0 Å². The van der Waals surface area contributed by atoms with Crippen LogP contribution in [0.3, 0.4) is 0 Å². The lowest BCUT2D eigenvalue weighted by Crippen LogP contribution is -2.59. The van der Waals surface area contributed by atoms with E-state index in [-0.39, 0.29) is 19.8 Å². The van der Waals surface area contributed by atoms with Crippen molar-refractivity contribution >= 4 is 23.9 Å². The monoisotopic (exact) mass is 289 g/mol. The van der Waals surface area contributed by atoms with Crippen molar-refractivity contribution in [1.29, 1.82) is 0 Å². The SMILES string of the molecule is NC(=O)C1COCCN1C(=O)NC(CC(=O)O)C(=O)O. The molecule has 20 heavy (non-hydrogen) atoms. The first-order chi connectivity index (χ1) is 9.32. The molecule has 1 fully saturated rings. The molecule has 10 nitrogen and oxygen atoms in total. The highest BCUT2D eigenvalue weighted by Crippen LogP contribution is 2.07. The molecule has 112 valence electrons. The van der Waals surface area contributed by atoms with Gasteiger partial charge in [0.25, 0.3) is 0 Å². The topological polar surface area (TPSA) is 159 Å². The van der Waals surface area contributed by atoms with E-state index in [2.05, 4.69) is 0 Å². The van der Waals surface area contributed by atoms with E-state index in [0.717, 1.165) is 4.90 Å². The fourth-order valence-corrected chi connectivity index (χ4v) is 1.69. The number of morpholine rings is 1. The first-order valence-electron chi connectivity index (χ1n) is 5.71. The number of amides is 3. The number of nitrogens with one attached hydrogen (secondary N) is 1. The van der Waals surface area contributed by atoms with Gasteiger partial charge in [0.1, 0.15) is 12.1 Å². The van der Waals surface area contributed by atoms with Gasteiger partial charge in [-0.25, -0.2) is 9.59 Å². The fourth-order valence-electron chi connectivity index (χ4n) is 1.69. The normalized spacial score (nSPS) is 20.0. The predicted molar refractivity (Wildman–Crippen MR) is 62.7 cm³/mol. The molecule has 1 aliphatic rings. The molecule has 0 saturated carbocycles. The Kier molecular flexibility index (Phi) is 5.26. The minimum atomic E-state index is -1.59. The van der Waals surface area contributed by atoms with Crippen molar-refractivity contribution < 1.29 is 34.1 Å². The van der Waals surface area contributed by atoms with E-state index in [1.54, 1.807) is 0 Å². The van der Waals surface area contributed by atoms with Gasteiger partial charge in [-0.15, -0.1) is 0 Å². The average Bonchev–Trinajstić information content (AvgIpc) is 2.37. The lowest BCUT2D eigenvalue weighted by molar-refractivity contribution is -0.145. The summed E-state index contributed by atoms with van der Waals surface area (Å²) in [4.78, 5) is 45.5. The van der Waals surface area contributed by atoms with Gasteiger partial charge in [0.15, 0.2) is 0 Å². The van der Waals surface area contributed by atoms with Crippen molar-refractivity contribution in [2.45, 2.75) is 18.5 Å². The van der Waals surface area contributed by atoms with E-state index < -0.39 is 42.4 Å². The smallest absolute Gasteiger partial charge is 0.326 e. The Hall–Kier alpha value is -2.36. The molecule has 1 saturated heterocycles. The number of nitrogens with two attached hydrogens (primary N) is 1. The summed E-state index contributed by atoms with van der Waals surface area (Å²) in [5, 5.41) is 19.5. The van der Waals surface area contributed by atoms with E-state index in [1.165, 1.54) is 0 Å². The molecular formula is C10H15N3O7. The van der Waals surface area contributed by atoms with Crippen LogP contribution in [-0.2, 0) is 19.1 Å². The Bertz CT molecular complexity index is 425. The predicted octanol–water partition coefficient (Wildman–Crippen LogP) is -2.19. The van der Waals surface area contributed by atoms with Crippen LogP contribution in [0, 0.1) is 0 Å². The number of rotatable bonds is 5. The highest BCUT2D eigenvalue weighted by atomic mass is 16.5. The number of hydrogen-bond donors (Lipinski definition) is 4. The van der Waals surface area contributed by atoms with Gasteiger partial charge in [-0.3, -0.25) is 9.59 Å². The zero-order valence-corrected chi connectivity index (χ0v) is 10.4. The quantitative estimate of drug-likeness (QED) is 0.447. The molecule has 5 N–H and O–H groups in total. The lowest BCUT2D eigenvalue weighted by Gasteiger charge is -2.34. The molecule has 0 radical (unpaired) electrons. The van der Waals surface area contributed by atoms with Crippen LogP contribution in [0.4, 0.5) is 4.79 Å². The van der Waals surface area contributed by atoms with E-state index in [9.17, 15) is 19.2 Å². The van der Waals surface area contributed by atoms with E-state index in [4.69, 9.17) is 20.7 Å². The highest BCUT2D eigenvalue weighted by Gasteiger charge is 2.33. The summed E-state index contributed by atoms with van der Waals surface area (Å²) in [5.74, 6) is -3.64. The summed E-state index contributed by atoms with van der Waals surface area (Å²) < 4.78 is 5.01. The van der Waals surface area contributed by atoms with Gasteiger partial charge >= 0.3 is 18.0 Å². The Morgan fingerprint density at radius 1 is 1.35 bits per heavy atom. The van der Waals surface area contributed by atoms with Gasteiger partial charge in [-0.1, -0.05) is 0 Å². The summed E-state index contributed by atoms with van der Waals surface area (Å²) in [6.45, 7) is 0.145. The molecule has 10 heteroatoms. The summed E-state index contributed by atoms with van der Waals surface area (Å²) in [6, 6.07) is -3.47. The average molecular weight is 289 g/mol. The number of carboxylic acid groups (broad SMARTS) is 2. The second kappa shape index (κ2) is 6.70. The Morgan fingerprint density at radius 3 is 2.50 bits per heavy atom. The molecule has 0 spiro atoms. The first-order valence-corrected chi connectivity index (χ1v) is 5.71. The van der Waals surface area contributed by atoms with Crippen molar-refractivity contribution in [3.63, 3.8) is 0 Å². The Balaban J connectivity index is 2.73. The summed E-state index contributed by atoms with van der Waals surface area (Å²) in [6.07, 6.45) is -0.771. The number of carbonyl (C=O) groups is 4. The molecule has 0 aliphatic carbocycles.